The standard InChI is InChI=1S/C17H17NO4S/c1-11(2)12-5-7-13(8-6-12)17(21)22-10-15(19)18-16(20)14-4-3-9-23-14/h3-9,11H,10H2,1-2H3,(H,18,19,20). The Morgan fingerprint density at radius 2 is 1.83 bits per heavy atom. The van der Waals surface area contributed by atoms with Crippen molar-refractivity contribution in [3.63, 3.8) is 0 Å². The van der Waals surface area contributed by atoms with E-state index in [1.807, 2.05) is 12.1 Å². The summed E-state index contributed by atoms with van der Waals surface area (Å²) in [6.07, 6.45) is 0. The number of esters is 1. The molecule has 0 aliphatic rings. The number of imide groups is 1. The van der Waals surface area contributed by atoms with E-state index in [9.17, 15) is 14.4 Å². The highest BCUT2D eigenvalue weighted by molar-refractivity contribution is 7.12. The second-order valence-corrected chi connectivity index (χ2v) is 6.16. The quantitative estimate of drug-likeness (QED) is 0.855. The lowest BCUT2D eigenvalue weighted by molar-refractivity contribution is -0.123. The molecule has 5 nitrogen and oxygen atoms in total. The Kier molecular flexibility index (Phi) is 5.65. The van der Waals surface area contributed by atoms with Crippen LogP contribution in [0.25, 0.3) is 0 Å². The van der Waals surface area contributed by atoms with Crippen LogP contribution in [0.5, 0.6) is 0 Å². The van der Waals surface area contributed by atoms with E-state index in [1.165, 1.54) is 11.3 Å². The van der Waals surface area contributed by atoms with Crippen LogP contribution in [0.4, 0.5) is 0 Å². The summed E-state index contributed by atoms with van der Waals surface area (Å²) in [5.41, 5.74) is 1.48. The first-order valence-electron chi connectivity index (χ1n) is 7.12. The minimum absolute atomic E-state index is 0.367. The number of benzene rings is 1. The maximum atomic E-state index is 11.9. The molecule has 23 heavy (non-hydrogen) atoms. The summed E-state index contributed by atoms with van der Waals surface area (Å²) in [5, 5.41) is 3.90. The average molecular weight is 331 g/mol. The number of amides is 2. The van der Waals surface area contributed by atoms with Gasteiger partial charge in [-0.3, -0.25) is 14.9 Å². The van der Waals surface area contributed by atoms with Gasteiger partial charge in [-0.25, -0.2) is 4.79 Å². The SMILES string of the molecule is CC(C)c1ccc(C(=O)OCC(=O)NC(=O)c2cccs2)cc1. The number of carbonyl (C=O) groups excluding carboxylic acids is 3. The Morgan fingerprint density at radius 1 is 1.13 bits per heavy atom. The summed E-state index contributed by atoms with van der Waals surface area (Å²) in [7, 11) is 0. The molecule has 1 heterocycles. The van der Waals surface area contributed by atoms with Crippen molar-refractivity contribution >= 4 is 29.1 Å². The number of nitrogens with one attached hydrogen (secondary N) is 1. The Balaban J connectivity index is 1.84. The zero-order chi connectivity index (χ0) is 16.8. The molecular weight excluding hydrogens is 314 g/mol. The fraction of sp³-hybridized carbons (Fsp3) is 0.235. The molecular formula is C17H17NO4S. The average Bonchev–Trinajstić information content (AvgIpc) is 3.07. The predicted molar refractivity (Wildman–Crippen MR) is 87.6 cm³/mol. The number of carbonyl (C=O) groups is 3. The van der Waals surface area contributed by atoms with E-state index in [-0.39, 0.29) is 0 Å². The molecule has 1 N–H and O–H groups in total. The van der Waals surface area contributed by atoms with Gasteiger partial charge in [0.15, 0.2) is 6.61 Å². The maximum Gasteiger partial charge on any atom is 0.338 e. The number of ether oxygens (including phenoxy) is 1. The first kappa shape index (κ1) is 16.9. The molecule has 0 aliphatic carbocycles. The lowest BCUT2D eigenvalue weighted by atomic mass is 10.0. The Hall–Kier alpha value is -2.47. The van der Waals surface area contributed by atoms with Crippen LogP contribution in [0.15, 0.2) is 41.8 Å². The van der Waals surface area contributed by atoms with Gasteiger partial charge in [-0.05, 0) is 35.1 Å². The lowest BCUT2D eigenvalue weighted by Gasteiger charge is -2.07. The largest absolute Gasteiger partial charge is 0.452 e. The summed E-state index contributed by atoms with van der Waals surface area (Å²) in [5.74, 6) is -1.38. The highest BCUT2D eigenvalue weighted by Gasteiger charge is 2.14. The van der Waals surface area contributed by atoms with Gasteiger partial charge in [0.1, 0.15) is 0 Å². The maximum absolute atomic E-state index is 11.9. The van der Waals surface area contributed by atoms with Gasteiger partial charge in [0.05, 0.1) is 10.4 Å². The van der Waals surface area contributed by atoms with Crippen LogP contribution in [-0.4, -0.2) is 24.4 Å². The second kappa shape index (κ2) is 7.69. The number of rotatable bonds is 5. The van der Waals surface area contributed by atoms with Crippen molar-refractivity contribution in [3.05, 3.63) is 57.8 Å². The second-order valence-electron chi connectivity index (χ2n) is 5.21. The number of thiophene rings is 1. The van der Waals surface area contributed by atoms with Gasteiger partial charge in [0.2, 0.25) is 0 Å². The van der Waals surface area contributed by atoms with Crippen LogP contribution < -0.4 is 5.32 Å². The molecule has 0 atom stereocenters. The first-order chi connectivity index (χ1) is 11.0. The van der Waals surface area contributed by atoms with Crippen molar-refractivity contribution in [1.29, 1.82) is 0 Å². The van der Waals surface area contributed by atoms with E-state index in [0.29, 0.717) is 16.4 Å². The molecule has 1 aromatic carbocycles. The third-order valence-electron chi connectivity index (χ3n) is 3.15. The van der Waals surface area contributed by atoms with Crippen molar-refractivity contribution in [2.75, 3.05) is 6.61 Å². The van der Waals surface area contributed by atoms with E-state index in [0.717, 1.165) is 5.56 Å². The normalized spacial score (nSPS) is 10.4. The van der Waals surface area contributed by atoms with E-state index in [4.69, 9.17) is 4.74 Å². The van der Waals surface area contributed by atoms with Gasteiger partial charge in [-0.2, -0.15) is 0 Å². The predicted octanol–water partition coefficient (Wildman–Crippen LogP) is 2.98. The zero-order valence-electron chi connectivity index (χ0n) is 12.9. The van der Waals surface area contributed by atoms with Crippen molar-refractivity contribution < 1.29 is 19.1 Å². The van der Waals surface area contributed by atoms with E-state index >= 15 is 0 Å². The molecule has 2 amide bonds. The van der Waals surface area contributed by atoms with Gasteiger partial charge in [-0.15, -0.1) is 11.3 Å². The van der Waals surface area contributed by atoms with Gasteiger partial charge in [0.25, 0.3) is 11.8 Å². The molecule has 2 rings (SSSR count). The highest BCUT2D eigenvalue weighted by Crippen LogP contribution is 2.15. The summed E-state index contributed by atoms with van der Waals surface area (Å²) in [6.45, 7) is 3.62. The molecule has 120 valence electrons. The van der Waals surface area contributed by atoms with Gasteiger partial charge in [-0.1, -0.05) is 32.0 Å². The van der Waals surface area contributed by atoms with Gasteiger partial charge in [0, 0.05) is 0 Å². The van der Waals surface area contributed by atoms with Crippen LogP contribution in [-0.2, 0) is 9.53 Å². The first-order valence-corrected chi connectivity index (χ1v) is 8.00. The Morgan fingerprint density at radius 3 is 2.39 bits per heavy atom. The van der Waals surface area contributed by atoms with E-state index in [1.54, 1.807) is 29.6 Å². The molecule has 0 aliphatic heterocycles. The topological polar surface area (TPSA) is 72.5 Å². The molecule has 0 saturated heterocycles. The van der Waals surface area contributed by atoms with Crippen LogP contribution in [0.3, 0.4) is 0 Å². The van der Waals surface area contributed by atoms with Crippen LogP contribution in [0.2, 0.25) is 0 Å². The Labute approximate surface area is 138 Å². The highest BCUT2D eigenvalue weighted by atomic mass is 32.1. The summed E-state index contributed by atoms with van der Waals surface area (Å²) in [6, 6.07) is 10.3. The molecule has 1 aromatic heterocycles. The fourth-order valence-electron chi connectivity index (χ4n) is 1.85. The van der Waals surface area contributed by atoms with E-state index in [2.05, 4.69) is 19.2 Å². The van der Waals surface area contributed by atoms with Crippen molar-refractivity contribution in [3.8, 4) is 0 Å². The van der Waals surface area contributed by atoms with Crippen molar-refractivity contribution in [2.45, 2.75) is 19.8 Å². The van der Waals surface area contributed by atoms with E-state index < -0.39 is 24.4 Å². The fourth-order valence-corrected chi connectivity index (χ4v) is 2.47. The third-order valence-corrected chi connectivity index (χ3v) is 4.01. The Bertz CT molecular complexity index is 690. The molecule has 0 spiro atoms. The third kappa shape index (κ3) is 4.75. The molecule has 0 bridgehead atoms. The molecule has 0 fully saturated rings. The van der Waals surface area contributed by atoms with Crippen molar-refractivity contribution in [2.24, 2.45) is 0 Å². The smallest absolute Gasteiger partial charge is 0.338 e. The number of hydrogen-bond acceptors (Lipinski definition) is 5. The molecule has 0 saturated carbocycles. The minimum atomic E-state index is -0.657. The minimum Gasteiger partial charge on any atom is -0.452 e. The zero-order valence-corrected chi connectivity index (χ0v) is 13.7. The monoisotopic (exact) mass is 331 g/mol. The molecule has 6 heteroatoms. The van der Waals surface area contributed by atoms with Gasteiger partial charge >= 0.3 is 5.97 Å². The van der Waals surface area contributed by atoms with Crippen LogP contribution >= 0.6 is 11.3 Å². The summed E-state index contributed by atoms with van der Waals surface area (Å²) in [4.78, 5) is 35.6. The van der Waals surface area contributed by atoms with Gasteiger partial charge < -0.3 is 4.74 Å². The lowest BCUT2D eigenvalue weighted by Crippen LogP contribution is -2.33. The van der Waals surface area contributed by atoms with Crippen LogP contribution in [0, 0.1) is 0 Å². The number of hydrogen-bond donors (Lipinski definition) is 1. The summed E-state index contributed by atoms with van der Waals surface area (Å²) < 4.78 is 4.91. The molecule has 2 aromatic rings. The van der Waals surface area contributed by atoms with Crippen molar-refractivity contribution in [1.82, 2.24) is 5.32 Å². The van der Waals surface area contributed by atoms with Crippen LogP contribution in [0.1, 0.15) is 45.4 Å². The molecule has 0 radical (unpaired) electrons. The molecule has 0 unspecified atom stereocenters. The summed E-state index contributed by atoms with van der Waals surface area (Å²) >= 11 is 1.23.